The number of hydrogen-bond acceptors (Lipinski definition) is 9. The SMILES string of the molecule is COc1ccc([C@@H]2Sc3c(ccc4ccccc34)N(CCN(C)C)C(=O)[C@@H]2OC(=O)c2cc(OC)c(OC)c(OC)c2)cc1.Cl. The summed E-state index contributed by atoms with van der Waals surface area (Å²) in [6.45, 7) is 1.02. The summed E-state index contributed by atoms with van der Waals surface area (Å²) in [6, 6.07) is 22.6. The van der Waals surface area contributed by atoms with Crippen LogP contribution in [0.15, 0.2) is 77.7 Å². The Morgan fingerprint density at radius 1 is 0.867 bits per heavy atom. The predicted octanol–water partition coefficient (Wildman–Crippen LogP) is 6.26. The Hall–Kier alpha value is -4.12. The van der Waals surface area contributed by atoms with Gasteiger partial charge in [0.2, 0.25) is 5.75 Å². The van der Waals surface area contributed by atoms with Crippen LogP contribution in [-0.2, 0) is 9.53 Å². The van der Waals surface area contributed by atoms with E-state index in [1.807, 2.05) is 67.5 Å². The first-order valence-corrected chi connectivity index (χ1v) is 15.0. The monoisotopic (exact) mass is 652 g/mol. The van der Waals surface area contributed by atoms with Crippen LogP contribution in [0.1, 0.15) is 21.2 Å². The second-order valence-corrected chi connectivity index (χ2v) is 11.6. The number of thioether (sulfide) groups is 1. The van der Waals surface area contributed by atoms with Crippen LogP contribution in [0.3, 0.4) is 0 Å². The number of carbonyl (C=O) groups is 2. The van der Waals surface area contributed by atoms with E-state index >= 15 is 0 Å². The van der Waals surface area contributed by atoms with E-state index in [4.69, 9.17) is 23.7 Å². The fourth-order valence-electron chi connectivity index (χ4n) is 5.22. The summed E-state index contributed by atoms with van der Waals surface area (Å²) in [5.41, 5.74) is 1.77. The molecule has 2 atom stereocenters. The number of anilines is 1. The molecule has 0 N–H and O–H groups in total. The summed E-state index contributed by atoms with van der Waals surface area (Å²) in [4.78, 5) is 33.2. The molecular formula is C34H37ClN2O7S. The van der Waals surface area contributed by atoms with E-state index in [1.54, 1.807) is 12.0 Å². The lowest BCUT2D eigenvalue weighted by Gasteiger charge is -2.29. The minimum Gasteiger partial charge on any atom is -0.497 e. The number of rotatable bonds is 10. The highest BCUT2D eigenvalue weighted by atomic mass is 35.5. The highest BCUT2D eigenvalue weighted by Crippen LogP contribution is 2.50. The highest BCUT2D eigenvalue weighted by Gasteiger charge is 2.42. The third-order valence-electron chi connectivity index (χ3n) is 7.53. The molecule has 5 rings (SSSR count). The van der Waals surface area contributed by atoms with E-state index in [0.717, 1.165) is 26.9 Å². The molecule has 11 heteroatoms. The number of hydrogen-bond donors (Lipinski definition) is 0. The summed E-state index contributed by atoms with van der Waals surface area (Å²) in [5.74, 6) is 0.640. The molecule has 0 aromatic heterocycles. The number of halogens is 1. The van der Waals surface area contributed by atoms with Crippen molar-refractivity contribution in [1.82, 2.24) is 4.90 Å². The number of nitrogens with zero attached hydrogens (tertiary/aromatic N) is 2. The van der Waals surface area contributed by atoms with Crippen LogP contribution in [-0.4, -0.2) is 78.5 Å². The van der Waals surface area contributed by atoms with Crippen LogP contribution in [0.25, 0.3) is 10.8 Å². The zero-order valence-electron chi connectivity index (χ0n) is 26.1. The van der Waals surface area contributed by atoms with Crippen molar-refractivity contribution in [2.45, 2.75) is 16.2 Å². The third kappa shape index (κ3) is 6.93. The van der Waals surface area contributed by atoms with Crippen molar-refractivity contribution in [3.8, 4) is 23.0 Å². The van der Waals surface area contributed by atoms with Gasteiger partial charge in [-0.3, -0.25) is 4.79 Å². The fourth-order valence-corrected chi connectivity index (χ4v) is 6.67. The molecule has 0 saturated heterocycles. The van der Waals surface area contributed by atoms with Crippen LogP contribution in [0.4, 0.5) is 5.69 Å². The first-order chi connectivity index (χ1) is 21.3. The van der Waals surface area contributed by atoms with E-state index in [2.05, 4.69) is 12.1 Å². The quantitative estimate of drug-likeness (QED) is 0.184. The van der Waals surface area contributed by atoms with Gasteiger partial charge in [0.25, 0.3) is 5.91 Å². The van der Waals surface area contributed by atoms with E-state index in [1.165, 1.54) is 45.2 Å². The van der Waals surface area contributed by atoms with Crippen LogP contribution in [0.2, 0.25) is 0 Å². The van der Waals surface area contributed by atoms with Crippen LogP contribution in [0.5, 0.6) is 23.0 Å². The summed E-state index contributed by atoms with van der Waals surface area (Å²) in [7, 11) is 9.96. The van der Waals surface area contributed by atoms with Gasteiger partial charge in [0.15, 0.2) is 17.6 Å². The van der Waals surface area contributed by atoms with Crippen molar-refractivity contribution < 1.29 is 33.3 Å². The van der Waals surface area contributed by atoms with Gasteiger partial charge in [0.05, 0.1) is 44.9 Å². The molecule has 4 aromatic rings. The maximum absolute atomic E-state index is 14.6. The maximum Gasteiger partial charge on any atom is 0.339 e. The molecular weight excluding hydrogens is 616 g/mol. The molecule has 1 aliphatic heterocycles. The fraction of sp³-hybridized carbons (Fsp3) is 0.294. The smallest absolute Gasteiger partial charge is 0.339 e. The van der Waals surface area contributed by atoms with Gasteiger partial charge in [0, 0.05) is 18.0 Å². The van der Waals surface area contributed by atoms with Gasteiger partial charge in [-0.15, -0.1) is 24.2 Å². The topological polar surface area (TPSA) is 86.8 Å². The molecule has 9 nitrogen and oxygen atoms in total. The van der Waals surface area contributed by atoms with Crippen molar-refractivity contribution in [2.24, 2.45) is 0 Å². The van der Waals surface area contributed by atoms with Crippen molar-refractivity contribution in [3.05, 3.63) is 83.9 Å². The minimum absolute atomic E-state index is 0. The normalized spacial score (nSPS) is 16.0. The molecule has 0 bridgehead atoms. The number of likely N-dealkylation sites (N-methyl/N-ethyl adjacent to an activating group) is 1. The number of benzene rings is 4. The molecule has 0 radical (unpaired) electrons. The number of fused-ring (bicyclic) bond motifs is 3. The lowest BCUT2D eigenvalue weighted by atomic mass is 10.0. The van der Waals surface area contributed by atoms with Gasteiger partial charge in [-0.05, 0) is 60.8 Å². The molecule has 45 heavy (non-hydrogen) atoms. The summed E-state index contributed by atoms with van der Waals surface area (Å²) in [6.07, 6.45) is -1.16. The highest BCUT2D eigenvalue weighted by molar-refractivity contribution is 8.00. The lowest BCUT2D eigenvalue weighted by molar-refractivity contribution is -0.127. The number of ether oxygens (including phenoxy) is 5. The summed E-state index contributed by atoms with van der Waals surface area (Å²) < 4.78 is 27.9. The molecule has 0 saturated carbocycles. The van der Waals surface area contributed by atoms with E-state index in [-0.39, 0.29) is 23.9 Å². The maximum atomic E-state index is 14.6. The average Bonchev–Trinajstić information content (AvgIpc) is 3.16. The standard InChI is InChI=1S/C34H36N2O7S.ClH/c1-35(2)17-18-36-26-16-13-21-9-7-8-10-25(21)32(26)44-31(22-11-14-24(39-3)15-12-22)30(33(36)37)43-34(38)23-19-27(40-4)29(42-6)28(20-23)41-5;/h7-16,19-20,30-31H,17-18H2,1-6H3;1H/t30-,31+;/m1./s1. The van der Waals surface area contributed by atoms with Crippen LogP contribution < -0.4 is 23.8 Å². The van der Waals surface area contributed by atoms with E-state index in [0.29, 0.717) is 36.1 Å². The predicted molar refractivity (Wildman–Crippen MR) is 179 cm³/mol. The Morgan fingerprint density at radius 2 is 1.53 bits per heavy atom. The second-order valence-electron chi connectivity index (χ2n) is 10.5. The number of amides is 1. The molecule has 0 fully saturated rings. The Balaban J connectivity index is 0.00000461. The zero-order chi connectivity index (χ0) is 31.4. The first kappa shape index (κ1) is 33.8. The molecule has 0 unspecified atom stereocenters. The van der Waals surface area contributed by atoms with E-state index in [9.17, 15) is 9.59 Å². The molecule has 1 aliphatic rings. The van der Waals surface area contributed by atoms with Crippen LogP contribution >= 0.6 is 24.2 Å². The van der Waals surface area contributed by atoms with Crippen molar-refractivity contribution in [1.29, 1.82) is 0 Å². The Labute approximate surface area is 273 Å². The number of methoxy groups -OCH3 is 4. The van der Waals surface area contributed by atoms with Gasteiger partial charge in [-0.1, -0.05) is 42.5 Å². The Kier molecular flexibility index (Phi) is 11.1. The zero-order valence-corrected chi connectivity index (χ0v) is 27.7. The van der Waals surface area contributed by atoms with Crippen molar-refractivity contribution in [3.63, 3.8) is 0 Å². The van der Waals surface area contributed by atoms with E-state index < -0.39 is 17.3 Å². The Morgan fingerprint density at radius 3 is 2.13 bits per heavy atom. The molecule has 238 valence electrons. The number of esters is 1. The molecule has 1 heterocycles. The summed E-state index contributed by atoms with van der Waals surface area (Å²) in [5, 5.41) is 1.51. The van der Waals surface area contributed by atoms with Crippen molar-refractivity contribution >= 4 is 52.5 Å². The molecule has 1 amide bonds. The van der Waals surface area contributed by atoms with Crippen molar-refractivity contribution in [2.75, 3.05) is 60.5 Å². The van der Waals surface area contributed by atoms with Gasteiger partial charge in [0.1, 0.15) is 5.75 Å². The largest absolute Gasteiger partial charge is 0.497 e. The molecule has 0 aliphatic carbocycles. The third-order valence-corrected chi connectivity index (χ3v) is 8.97. The first-order valence-electron chi connectivity index (χ1n) is 14.1. The summed E-state index contributed by atoms with van der Waals surface area (Å²) >= 11 is 1.52. The van der Waals surface area contributed by atoms with Gasteiger partial charge in [-0.25, -0.2) is 4.79 Å². The lowest BCUT2D eigenvalue weighted by Crippen LogP contribution is -2.45. The minimum atomic E-state index is -1.16. The van der Waals surface area contributed by atoms with Gasteiger partial charge in [-0.2, -0.15) is 0 Å². The average molecular weight is 653 g/mol. The Bertz CT molecular complexity index is 1640. The van der Waals surface area contributed by atoms with Gasteiger partial charge < -0.3 is 33.5 Å². The molecule has 4 aromatic carbocycles. The van der Waals surface area contributed by atoms with Crippen LogP contribution in [0, 0.1) is 0 Å². The second kappa shape index (κ2) is 14.8. The van der Waals surface area contributed by atoms with Gasteiger partial charge >= 0.3 is 5.97 Å². The molecule has 0 spiro atoms. The number of carbonyl (C=O) groups excluding carboxylic acids is 2.